The van der Waals surface area contributed by atoms with Crippen molar-refractivity contribution >= 4 is 29.3 Å². The summed E-state index contributed by atoms with van der Waals surface area (Å²) in [5.41, 5.74) is -0.489. The largest absolute Gasteiger partial charge is 0.497 e. The molecular formula is C18H21N3O6S. The highest BCUT2D eigenvalue weighted by Crippen LogP contribution is 2.28. The number of carbonyl (C=O) groups excluding carboxylic acids is 2. The van der Waals surface area contributed by atoms with E-state index in [4.69, 9.17) is 14.2 Å². The third kappa shape index (κ3) is 4.83. The molecule has 150 valence electrons. The van der Waals surface area contributed by atoms with Crippen LogP contribution in [0.2, 0.25) is 0 Å². The number of rotatable bonds is 8. The Bertz CT molecular complexity index is 928. The number of benzene rings is 1. The Morgan fingerprint density at radius 2 is 2.00 bits per heavy atom. The van der Waals surface area contributed by atoms with Crippen LogP contribution in [0.25, 0.3) is 0 Å². The monoisotopic (exact) mass is 407 g/mol. The van der Waals surface area contributed by atoms with Crippen molar-refractivity contribution in [1.82, 2.24) is 9.55 Å². The first-order valence-corrected chi connectivity index (χ1v) is 9.50. The van der Waals surface area contributed by atoms with E-state index in [1.807, 2.05) is 0 Å². The van der Waals surface area contributed by atoms with E-state index < -0.39 is 17.4 Å². The van der Waals surface area contributed by atoms with E-state index in [1.165, 1.54) is 26.0 Å². The Morgan fingerprint density at radius 1 is 1.25 bits per heavy atom. The Labute approximate surface area is 166 Å². The number of amides is 1. The molecule has 0 saturated carbocycles. The summed E-state index contributed by atoms with van der Waals surface area (Å²) in [5.74, 6) is -0.308. The van der Waals surface area contributed by atoms with Crippen molar-refractivity contribution in [2.75, 3.05) is 32.4 Å². The molecule has 1 N–H and O–H groups in total. The van der Waals surface area contributed by atoms with Crippen LogP contribution in [0, 0.1) is 0 Å². The zero-order chi connectivity index (χ0) is 20.7. The van der Waals surface area contributed by atoms with Crippen LogP contribution in [0.15, 0.2) is 34.3 Å². The number of nitrogens with one attached hydrogen (secondary N) is 1. The van der Waals surface area contributed by atoms with Gasteiger partial charge in [0.2, 0.25) is 5.91 Å². The SMILES string of the molecule is CCOC(=O)c1cnc(SC)n(CC(=O)Nc2cc(OC)ccc2OC)c1=O. The van der Waals surface area contributed by atoms with Crippen molar-refractivity contribution in [3.8, 4) is 11.5 Å². The quantitative estimate of drug-likeness (QED) is 0.401. The fourth-order valence-electron chi connectivity index (χ4n) is 2.37. The molecule has 0 atom stereocenters. The van der Waals surface area contributed by atoms with Crippen LogP contribution in [-0.2, 0) is 16.1 Å². The second kappa shape index (κ2) is 9.79. The Kier molecular flexibility index (Phi) is 7.44. The average molecular weight is 407 g/mol. The van der Waals surface area contributed by atoms with Gasteiger partial charge in [-0.25, -0.2) is 9.78 Å². The standard InChI is InChI=1S/C18H21N3O6S/c1-5-27-17(24)12-9-19-18(28-4)21(16(12)23)10-15(22)20-13-8-11(25-2)6-7-14(13)26-3/h6-9H,5,10H2,1-4H3,(H,20,22). The van der Waals surface area contributed by atoms with Gasteiger partial charge >= 0.3 is 5.97 Å². The molecule has 1 aromatic heterocycles. The summed E-state index contributed by atoms with van der Waals surface area (Å²) in [6.07, 6.45) is 2.87. The zero-order valence-corrected chi connectivity index (χ0v) is 16.8. The molecule has 0 aliphatic heterocycles. The van der Waals surface area contributed by atoms with Crippen molar-refractivity contribution in [2.24, 2.45) is 0 Å². The van der Waals surface area contributed by atoms with Crippen LogP contribution in [0.3, 0.4) is 0 Å². The first-order valence-electron chi connectivity index (χ1n) is 8.27. The fraction of sp³-hybridized carbons (Fsp3) is 0.333. The van der Waals surface area contributed by atoms with Crippen LogP contribution >= 0.6 is 11.8 Å². The third-order valence-electron chi connectivity index (χ3n) is 3.67. The molecule has 0 fully saturated rings. The highest BCUT2D eigenvalue weighted by molar-refractivity contribution is 7.98. The summed E-state index contributed by atoms with van der Waals surface area (Å²) < 4.78 is 16.4. The minimum atomic E-state index is -0.781. The first kappa shape index (κ1) is 21.3. The van der Waals surface area contributed by atoms with E-state index in [1.54, 1.807) is 31.4 Å². The minimum Gasteiger partial charge on any atom is -0.497 e. The average Bonchev–Trinajstić information content (AvgIpc) is 2.69. The van der Waals surface area contributed by atoms with E-state index in [9.17, 15) is 14.4 Å². The van der Waals surface area contributed by atoms with Crippen molar-refractivity contribution in [1.29, 1.82) is 0 Å². The van der Waals surface area contributed by atoms with E-state index in [0.717, 1.165) is 10.8 Å². The summed E-state index contributed by atoms with van der Waals surface area (Å²) in [7, 11) is 2.98. The summed E-state index contributed by atoms with van der Waals surface area (Å²) in [6.45, 7) is 1.42. The Morgan fingerprint density at radius 3 is 2.61 bits per heavy atom. The summed E-state index contributed by atoms with van der Waals surface area (Å²) in [5, 5.41) is 2.98. The van der Waals surface area contributed by atoms with Gasteiger partial charge in [0.15, 0.2) is 5.16 Å². The molecule has 0 bridgehead atoms. The number of methoxy groups -OCH3 is 2. The van der Waals surface area contributed by atoms with Crippen LogP contribution in [0.5, 0.6) is 11.5 Å². The fourth-order valence-corrected chi connectivity index (χ4v) is 2.90. The lowest BCUT2D eigenvalue weighted by molar-refractivity contribution is -0.117. The molecule has 2 rings (SSSR count). The maximum Gasteiger partial charge on any atom is 0.345 e. The van der Waals surface area contributed by atoms with E-state index in [0.29, 0.717) is 22.3 Å². The third-order valence-corrected chi connectivity index (χ3v) is 4.36. The minimum absolute atomic E-state index is 0.124. The van der Waals surface area contributed by atoms with Gasteiger partial charge in [-0.05, 0) is 25.3 Å². The van der Waals surface area contributed by atoms with E-state index in [2.05, 4.69) is 10.3 Å². The van der Waals surface area contributed by atoms with Crippen molar-refractivity contribution < 1.29 is 23.8 Å². The lowest BCUT2D eigenvalue weighted by atomic mass is 10.2. The van der Waals surface area contributed by atoms with Crippen LogP contribution in [0.1, 0.15) is 17.3 Å². The molecule has 0 aliphatic rings. The number of hydrogen-bond acceptors (Lipinski definition) is 8. The number of hydrogen-bond donors (Lipinski definition) is 1. The lowest BCUT2D eigenvalue weighted by Crippen LogP contribution is -2.33. The van der Waals surface area contributed by atoms with Crippen LogP contribution in [-0.4, -0.2) is 48.5 Å². The van der Waals surface area contributed by atoms with E-state index in [-0.39, 0.29) is 18.7 Å². The summed E-state index contributed by atoms with van der Waals surface area (Å²) in [6, 6.07) is 4.94. The molecule has 0 spiro atoms. The van der Waals surface area contributed by atoms with Crippen molar-refractivity contribution in [3.05, 3.63) is 40.3 Å². The van der Waals surface area contributed by atoms with Gasteiger partial charge < -0.3 is 19.5 Å². The van der Waals surface area contributed by atoms with Gasteiger partial charge in [0.1, 0.15) is 23.6 Å². The van der Waals surface area contributed by atoms with Gasteiger partial charge in [-0.3, -0.25) is 14.2 Å². The number of carbonyl (C=O) groups is 2. The van der Waals surface area contributed by atoms with Gasteiger partial charge in [0.05, 0.1) is 32.7 Å². The Hall–Kier alpha value is -3.01. The van der Waals surface area contributed by atoms with Crippen molar-refractivity contribution in [3.63, 3.8) is 0 Å². The van der Waals surface area contributed by atoms with Gasteiger partial charge in [-0.1, -0.05) is 11.8 Å². The molecule has 0 unspecified atom stereocenters. The van der Waals surface area contributed by atoms with E-state index >= 15 is 0 Å². The molecule has 0 aliphatic carbocycles. The first-order chi connectivity index (χ1) is 13.4. The summed E-state index contributed by atoms with van der Waals surface area (Å²) >= 11 is 1.18. The molecule has 1 amide bonds. The second-order valence-corrected chi connectivity index (χ2v) is 6.16. The number of thioether (sulfide) groups is 1. The molecule has 0 saturated heterocycles. The van der Waals surface area contributed by atoms with Gasteiger partial charge in [0.25, 0.3) is 5.56 Å². The maximum absolute atomic E-state index is 12.7. The normalized spacial score (nSPS) is 10.3. The molecule has 28 heavy (non-hydrogen) atoms. The molecule has 0 radical (unpaired) electrons. The highest BCUT2D eigenvalue weighted by Gasteiger charge is 2.19. The number of esters is 1. The van der Waals surface area contributed by atoms with Crippen LogP contribution < -0.4 is 20.3 Å². The Balaban J connectivity index is 2.32. The maximum atomic E-state index is 12.7. The number of nitrogens with zero attached hydrogens (tertiary/aromatic N) is 2. The van der Waals surface area contributed by atoms with Gasteiger partial charge in [-0.2, -0.15) is 0 Å². The zero-order valence-electron chi connectivity index (χ0n) is 16.0. The van der Waals surface area contributed by atoms with Gasteiger partial charge in [0, 0.05) is 6.07 Å². The van der Waals surface area contributed by atoms with Gasteiger partial charge in [-0.15, -0.1) is 0 Å². The smallest absolute Gasteiger partial charge is 0.345 e. The molecule has 10 heteroatoms. The molecule has 1 heterocycles. The highest BCUT2D eigenvalue weighted by atomic mass is 32.2. The van der Waals surface area contributed by atoms with Crippen molar-refractivity contribution in [2.45, 2.75) is 18.6 Å². The molecule has 9 nitrogen and oxygen atoms in total. The number of ether oxygens (including phenoxy) is 3. The molecule has 2 aromatic rings. The second-order valence-electron chi connectivity index (χ2n) is 5.38. The topological polar surface area (TPSA) is 109 Å². The molecule has 1 aromatic carbocycles. The van der Waals surface area contributed by atoms with Crippen LogP contribution in [0.4, 0.5) is 5.69 Å². The molecular weight excluding hydrogens is 386 g/mol. The summed E-state index contributed by atoms with van der Waals surface area (Å²) in [4.78, 5) is 41.2. The number of anilines is 1. The predicted octanol–water partition coefficient (Wildman–Crippen LogP) is 1.80. The predicted molar refractivity (Wildman–Crippen MR) is 104 cm³/mol. The lowest BCUT2D eigenvalue weighted by Gasteiger charge is -2.14. The number of aromatic nitrogens is 2.